The van der Waals surface area contributed by atoms with Crippen LogP contribution in [0, 0.1) is 2.88 Å². The van der Waals surface area contributed by atoms with Crippen molar-refractivity contribution >= 4 is 45.8 Å². The van der Waals surface area contributed by atoms with Crippen LogP contribution < -0.4 is 5.32 Å². The third kappa shape index (κ3) is 3.79. The number of H-pyrrole nitrogens is 1. The van der Waals surface area contributed by atoms with Crippen molar-refractivity contribution in [3.63, 3.8) is 0 Å². The Morgan fingerprint density at radius 2 is 2.40 bits per heavy atom. The number of amides is 1. The highest BCUT2D eigenvalue weighted by atomic mass is 127. The first-order valence-corrected chi connectivity index (χ1v) is 7.66. The number of aromatic amines is 1. The van der Waals surface area contributed by atoms with E-state index in [1.54, 1.807) is 17.6 Å². The molecule has 2 N–H and O–H groups in total. The van der Waals surface area contributed by atoms with Gasteiger partial charge in [-0.25, -0.2) is 9.78 Å². The van der Waals surface area contributed by atoms with E-state index in [1.165, 1.54) is 24.8 Å². The molecule has 0 aliphatic rings. The molecule has 0 aliphatic carbocycles. The van der Waals surface area contributed by atoms with Gasteiger partial charge in [0.25, 0.3) is 5.91 Å². The number of nitrogens with zero attached hydrogens (tertiary/aromatic N) is 1. The van der Waals surface area contributed by atoms with Crippen LogP contribution in [-0.4, -0.2) is 35.0 Å². The quantitative estimate of drug-likeness (QED) is 0.585. The van der Waals surface area contributed by atoms with Gasteiger partial charge in [-0.3, -0.25) is 4.79 Å². The largest absolute Gasteiger partial charge is 0.467 e. The Bertz CT molecular complexity index is 597. The van der Waals surface area contributed by atoms with Crippen molar-refractivity contribution in [1.82, 2.24) is 15.3 Å². The van der Waals surface area contributed by atoms with Gasteiger partial charge in [-0.15, -0.1) is 11.3 Å². The van der Waals surface area contributed by atoms with E-state index < -0.39 is 12.0 Å². The Balaban J connectivity index is 2.07. The number of thiophene rings is 1. The van der Waals surface area contributed by atoms with Gasteiger partial charge in [-0.2, -0.15) is 0 Å². The molecule has 8 heteroatoms. The first kappa shape index (κ1) is 15.0. The summed E-state index contributed by atoms with van der Waals surface area (Å²) in [5.41, 5.74) is 1.29. The van der Waals surface area contributed by atoms with Gasteiger partial charge in [0.1, 0.15) is 6.04 Å². The van der Waals surface area contributed by atoms with Crippen LogP contribution in [0.3, 0.4) is 0 Å². The number of nitrogens with one attached hydrogen (secondary N) is 2. The van der Waals surface area contributed by atoms with Crippen LogP contribution in [-0.2, 0) is 16.0 Å². The zero-order valence-electron chi connectivity index (χ0n) is 10.6. The molecule has 0 aromatic carbocycles. The summed E-state index contributed by atoms with van der Waals surface area (Å²) in [6.45, 7) is 0. The van der Waals surface area contributed by atoms with Gasteiger partial charge in [-0.1, -0.05) is 0 Å². The molecule has 20 heavy (non-hydrogen) atoms. The molecular weight excluding hydrogens is 393 g/mol. The minimum Gasteiger partial charge on any atom is -0.467 e. The van der Waals surface area contributed by atoms with E-state index in [-0.39, 0.29) is 5.91 Å². The molecule has 106 valence electrons. The van der Waals surface area contributed by atoms with Crippen LogP contribution in [0.1, 0.15) is 16.1 Å². The Hall–Kier alpha value is -1.42. The van der Waals surface area contributed by atoms with E-state index >= 15 is 0 Å². The molecule has 0 saturated carbocycles. The number of hydrogen-bond donors (Lipinski definition) is 2. The van der Waals surface area contributed by atoms with E-state index in [4.69, 9.17) is 4.74 Å². The number of rotatable bonds is 5. The summed E-state index contributed by atoms with van der Waals surface area (Å²) >= 11 is 3.61. The van der Waals surface area contributed by atoms with Crippen molar-refractivity contribution in [1.29, 1.82) is 0 Å². The molecule has 6 nitrogen and oxygen atoms in total. The topological polar surface area (TPSA) is 84.1 Å². The average Bonchev–Trinajstić information content (AvgIpc) is 3.08. The number of ether oxygens (including phenoxy) is 1. The van der Waals surface area contributed by atoms with Crippen LogP contribution in [0.4, 0.5) is 0 Å². The van der Waals surface area contributed by atoms with Crippen LogP contribution in [0.15, 0.2) is 24.0 Å². The number of imidazole rings is 1. The summed E-state index contributed by atoms with van der Waals surface area (Å²) < 4.78 is 5.73. The minimum absolute atomic E-state index is 0.293. The monoisotopic (exact) mass is 405 g/mol. The predicted molar refractivity (Wildman–Crippen MR) is 82.6 cm³/mol. The second-order valence-corrected chi connectivity index (χ2v) is 6.78. The molecule has 0 spiro atoms. The average molecular weight is 405 g/mol. The zero-order valence-corrected chi connectivity index (χ0v) is 13.5. The van der Waals surface area contributed by atoms with E-state index in [9.17, 15) is 9.59 Å². The molecule has 2 heterocycles. The van der Waals surface area contributed by atoms with Crippen molar-refractivity contribution in [3.05, 3.63) is 38.1 Å². The maximum Gasteiger partial charge on any atom is 0.328 e. The molecule has 2 aromatic heterocycles. The summed E-state index contributed by atoms with van der Waals surface area (Å²) in [6.07, 6.45) is 3.43. The normalized spacial score (nSPS) is 11.9. The van der Waals surface area contributed by atoms with Crippen molar-refractivity contribution < 1.29 is 14.3 Å². The molecule has 0 aliphatic heterocycles. The van der Waals surface area contributed by atoms with Crippen LogP contribution in [0.2, 0.25) is 0 Å². The summed E-state index contributed by atoms with van der Waals surface area (Å²) in [4.78, 5) is 30.6. The Morgan fingerprint density at radius 1 is 1.60 bits per heavy atom. The fourth-order valence-electron chi connectivity index (χ4n) is 1.62. The number of esters is 1. The minimum atomic E-state index is -0.745. The summed E-state index contributed by atoms with van der Waals surface area (Å²) in [6, 6.07) is 1.02. The number of methoxy groups -OCH3 is 1. The van der Waals surface area contributed by atoms with Crippen molar-refractivity contribution in [2.75, 3.05) is 7.11 Å². The van der Waals surface area contributed by atoms with E-state index in [0.29, 0.717) is 12.0 Å². The SMILES string of the molecule is COC(=O)[C@H](Cc1cnc[nH]1)NC(=O)c1csc(I)c1. The number of halogens is 1. The highest BCUT2D eigenvalue weighted by Crippen LogP contribution is 2.16. The second-order valence-electron chi connectivity index (χ2n) is 3.97. The number of carbonyl (C=O) groups is 2. The van der Waals surface area contributed by atoms with Gasteiger partial charge in [0.05, 0.1) is 21.9 Å². The van der Waals surface area contributed by atoms with Crippen molar-refractivity contribution in [2.45, 2.75) is 12.5 Å². The van der Waals surface area contributed by atoms with Gasteiger partial charge < -0.3 is 15.0 Å². The predicted octanol–water partition coefficient (Wildman–Crippen LogP) is 1.59. The first-order chi connectivity index (χ1) is 9.60. The molecule has 0 radical (unpaired) electrons. The Morgan fingerprint density at radius 3 is 2.95 bits per heavy atom. The van der Waals surface area contributed by atoms with E-state index in [2.05, 4.69) is 37.9 Å². The molecule has 0 unspecified atom stereocenters. The number of hydrogen-bond acceptors (Lipinski definition) is 5. The van der Waals surface area contributed by atoms with Gasteiger partial charge in [0, 0.05) is 23.7 Å². The lowest BCUT2D eigenvalue weighted by molar-refractivity contribution is -0.142. The van der Waals surface area contributed by atoms with Crippen LogP contribution in [0.5, 0.6) is 0 Å². The molecular formula is C12H12IN3O3S. The molecule has 2 aromatic rings. The lowest BCUT2D eigenvalue weighted by Gasteiger charge is -2.15. The molecule has 1 atom stereocenters. The Kier molecular flexibility index (Phi) is 5.12. The van der Waals surface area contributed by atoms with E-state index in [1.807, 2.05) is 0 Å². The standard InChI is InChI=1S/C12H12IN3O3S/c1-19-12(18)9(3-8-4-14-6-15-8)16-11(17)7-2-10(13)20-5-7/h2,4-6,9H,3H2,1H3,(H,14,15)(H,16,17)/t9-/m0/s1. The van der Waals surface area contributed by atoms with Crippen LogP contribution in [0.25, 0.3) is 0 Å². The highest BCUT2D eigenvalue weighted by molar-refractivity contribution is 14.1. The highest BCUT2D eigenvalue weighted by Gasteiger charge is 2.23. The third-order valence-corrected chi connectivity index (χ3v) is 4.39. The smallest absolute Gasteiger partial charge is 0.328 e. The number of aromatic nitrogens is 2. The first-order valence-electron chi connectivity index (χ1n) is 5.70. The molecule has 2 rings (SSSR count). The fourth-order valence-corrected chi connectivity index (χ4v) is 2.95. The molecule has 0 fully saturated rings. The van der Waals surface area contributed by atoms with Crippen molar-refractivity contribution in [3.8, 4) is 0 Å². The van der Waals surface area contributed by atoms with Crippen molar-refractivity contribution in [2.24, 2.45) is 0 Å². The van der Waals surface area contributed by atoms with E-state index in [0.717, 1.165) is 8.58 Å². The second kappa shape index (κ2) is 6.84. The fraction of sp³-hybridized carbons (Fsp3) is 0.250. The van der Waals surface area contributed by atoms with Gasteiger partial charge in [0.2, 0.25) is 0 Å². The molecule has 0 bridgehead atoms. The molecule has 0 saturated heterocycles. The summed E-state index contributed by atoms with van der Waals surface area (Å²) in [7, 11) is 1.29. The lowest BCUT2D eigenvalue weighted by atomic mass is 10.1. The summed E-state index contributed by atoms with van der Waals surface area (Å²) in [5, 5.41) is 4.43. The van der Waals surface area contributed by atoms with Gasteiger partial charge >= 0.3 is 5.97 Å². The zero-order chi connectivity index (χ0) is 14.5. The lowest BCUT2D eigenvalue weighted by Crippen LogP contribution is -2.43. The van der Waals surface area contributed by atoms with Gasteiger partial charge in [-0.05, 0) is 28.7 Å². The maximum absolute atomic E-state index is 12.1. The molecule has 1 amide bonds. The maximum atomic E-state index is 12.1. The third-order valence-electron chi connectivity index (χ3n) is 2.60. The summed E-state index contributed by atoms with van der Waals surface area (Å²) in [5.74, 6) is -0.781. The number of carbonyl (C=O) groups excluding carboxylic acids is 2. The Labute approximate surface area is 133 Å². The van der Waals surface area contributed by atoms with Gasteiger partial charge in [0.15, 0.2) is 0 Å². The van der Waals surface area contributed by atoms with Crippen LogP contribution >= 0.6 is 33.9 Å².